The van der Waals surface area contributed by atoms with E-state index in [4.69, 9.17) is 0 Å². The van der Waals surface area contributed by atoms with Gasteiger partial charge in [-0.1, -0.05) is 5.10 Å². The molecule has 1 rings (SSSR count). The highest BCUT2D eigenvalue weighted by Gasteiger charge is 2.03. The maximum absolute atomic E-state index is 3.81. The standard InChI is InChI=1S/C5H11N5/c1-4-10-5(9(2)3)6-7-8-10/h4H2,1-3H3. The summed E-state index contributed by atoms with van der Waals surface area (Å²) in [5.41, 5.74) is 0. The van der Waals surface area contributed by atoms with Crippen molar-refractivity contribution in [3.63, 3.8) is 0 Å². The molecule has 0 aliphatic carbocycles. The fourth-order valence-electron chi connectivity index (χ4n) is 0.725. The van der Waals surface area contributed by atoms with Gasteiger partial charge in [0, 0.05) is 20.6 Å². The van der Waals surface area contributed by atoms with E-state index in [1.165, 1.54) is 0 Å². The molecule has 0 aliphatic rings. The highest BCUT2D eigenvalue weighted by molar-refractivity contribution is 5.23. The van der Waals surface area contributed by atoms with Gasteiger partial charge in [0.25, 0.3) is 0 Å². The number of anilines is 1. The minimum absolute atomic E-state index is 0.794. The highest BCUT2D eigenvalue weighted by Crippen LogP contribution is 2.01. The van der Waals surface area contributed by atoms with E-state index in [0.29, 0.717) is 0 Å². The summed E-state index contributed by atoms with van der Waals surface area (Å²) in [5.74, 6) is 0.794. The Morgan fingerprint density at radius 1 is 1.50 bits per heavy atom. The van der Waals surface area contributed by atoms with Gasteiger partial charge < -0.3 is 4.90 Å². The second-order valence-electron chi connectivity index (χ2n) is 2.19. The van der Waals surface area contributed by atoms with Crippen LogP contribution in [0.4, 0.5) is 5.95 Å². The first-order valence-corrected chi connectivity index (χ1v) is 3.19. The van der Waals surface area contributed by atoms with Gasteiger partial charge in [0.2, 0.25) is 5.95 Å². The van der Waals surface area contributed by atoms with Crippen LogP contribution in [0.25, 0.3) is 0 Å². The van der Waals surface area contributed by atoms with Gasteiger partial charge in [-0.15, -0.1) is 0 Å². The lowest BCUT2D eigenvalue weighted by molar-refractivity contribution is 0.623. The van der Waals surface area contributed by atoms with E-state index in [0.717, 1.165) is 12.5 Å². The summed E-state index contributed by atoms with van der Waals surface area (Å²) in [6, 6.07) is 0. The lowest BCUT2D eigenvalue weighted by atomic mass is 10.7. The summed E-state index contributed by atoms with van der Waals surface area (Å²) in [5, 5.41) is 11.1. The first-order chi connectivity index (χ1) is 4.75. The molecule has 0 fully saturated rings. The van der Waals surface area contributed by atoms with Crippen LogP contribution in [0.15, 0.2) is 0 Å². The average Bonchev–Trinajstić information content (AvgIpc) is 2.33. The molecule has 0 atom stereocenters. The van der Waals surface area contributed by atoms with E-state index < -0.39 is 0 Å². The largest absolute Gasteiger partial charge is 0.346 e. The maximum atomic E-state index is 3.81. The van der Waals surface area contributed by atoms with Crippen molar-refractivity contribution in [1.82, 2.24) is 20.2 Å². The Bertz CT molecular complexity index is 204. The van der Waals surface area contributed by atoms with Crippen LogP contribution in [0.2, 0.25) is 0 Å². The number of aromatic nitrogens is 4. The van der Waals surface area contributed by atoms with Crippen molar-refractivity contribution in [3.05, 3.63) is 0 Å². The normalized spacial score (nSPS) is 9.90. The van der Waals surface area contributed by atoms with Crippen molar-refractivity contribution in [2.24, 2.45) is 0 Å². The Hall–Kier alpha value is -1.13. The van der Waals surface area contributed by atoms with Gasteiger partial charge in [-0.25, -0.2) is 4.68 Å². The lowest BCUT2D eigenvalue weighted by Crippen LogP contribution is -2.15. The lowest BCUT2D eigenvalue weighted by Gasteiger charge is -2.08. The molecule has 0 saturated heterocycles. The third kappa shape index (κ3) is 1.07. The van der Waals surface area contributed by atoms with Crippen molar-refractivity contribution < 1.29 is 0 Å². The van der Waals surface area contributed by atoms with Gasteiger partial charge in [0.15, 0.2) is 0 Å². The number of hydrogen-bond acceptors (Lipinski definition) is 4. The molecule has 5 heteroatoms. The van der Waals surface area contributed by atoms with Crippen LogP contribution < -0.4 is 4.90 Å². The predicted octanol–water partition coefficient (Wildman–Crippen LogP) is -0.241. The number of hydrogen-bond donors (Lipinski definition) is 0. The molecule has 1 aromatic rings. The second kappa shape index (κ2) is 2.64. The molecule has 0 spiro atoms. The zero-order valence-corrected chi connectivity index (χ0v) is 6.44. The predicted molar refractivity (Wildman–Crippen MR) is 37.8 cm³/mol. The van der Waals surface area contributed by atoms with Crippen molar-refractivity contribution in [1.29, 1.82) is 0 Å². The molecule has 0 aliphatic heterocycles. The van der Waals surface area contributed by atoms with Gasteiger partial charge in [-0.2, -0.15) is 0 Å². The molecule has 5 nitrogen and oxygen atoms in total. The van der Waals surface area contributed by atoms with Crippen molar-refractivity contribution in [2.45, 2.75) is 13.5 Å². The zero-order valence-electron chi connectivity index (χ0n) is 6.44. The molecule has 0 aromatic carbocycles. The van der Waals surface area contributed by atoms with Gasteiger partial charge >= 0.3 is 0 Å². The minimum Gasteiger partial charge on any atom is -0.346 e. The Kier molecular flexibility index (Phi) is 1.84. The minimum atomic E-state index is 0.794. The van der Waals surface area contributed by atoms with Gasteiger partial charge in [0.05, 0.1) is 0 Å². The van der Waals surface area contributed by atoms with Gasteiger partial charge in [0.1, 0.15) is 0 Å². The van der Waals surface area contributed by atoms with Crippen molar-refractivity contribution in [2.75, 3.05) is 19.0 Å². The summed E-state index contributed by atoms with van der Waals surface area (Å²) >= 11 is 0. The average molecular weight is 141 g/mol. The quantitative estimate of drug-likeness (QED) is 0.570. The summed E-state index contributed by atoms with van der Waals surface area (Å²) in [6.45, 7) is 2.81. The Balaban J connectivity index is 2.90. The van der Waals surface area contributed by atoms with Gasteiger partial charge in [-0.05, 0) is 17.4 Å². The monoisotopic (exact) mass is 141 g/mol. The highest BCUT2D eigenvalue weighted by atomic mass is 15.6. The molecule has 0 unspecified atom stereocenters. The summed E-state index contributed by atoms with van der Waals surface area (Å²) in [4.78, 5) is 1.88. The summed E-state index contributed by atoms with van der Waals surface area (Å²) in [7, 11) is 3.83. The van der Waals surface area contributed by atoms with Crippen LogP contribution in [-0.2, 0) is 6.54 Å². The smallest absolute Gasteiger partial charge is 0.244 e. The molecule has 0 amide bonds. The number of rotatable bonds is 2. The third-order valence-corrected chi connectivity index (χ3v) is 1.21. The maximum Gasteiger partial charge on any atom is 0.244 e. The van der Waals surface area contributed by atoms with E-state index in [1.54, 1.807) is 4.68 Å². The van der Waals surface area contributed by atoms with Crippen molar-refractivity contribution >= 4 is 5.95 Å². The molecule has 1 aromatic heterocycles. The third-order valence-electron chi connectivity index (χ3n) is 1.21. The molecule has 0 radical (unpaired) electrons. The van der Waals surface area contributed by atoms with E-state index in [-0.39, 0.29) is 0 Å². The fourth-order valence-corrected chi connectivity index (χ4v) is 0.725. The molecular weight excluding hydrogens is 130 g/mol. The molecule has 0 N–H and O–H groups in total. The van der Waals surface area contributed by atoms with Crippen LogP contribution in [0, 0.1) is 0 Å². The first-order valence-electron chi connectivity index (χ1n) is 3.19. The van der Waals surface area contributed by atoms with Crippen LogP contribution in [-0.4, -0.2) is 34.3 Å². The molecular formula is C5H11N5. The topological polar surface area (TPSA) is 46.8 Å². The Morgan fingerprint density at radius 3 is 2.60 bits per heavy atom. The van der Waals surface area contributed by atoms with E-state index in [1.807, 2.05) is 25.9 Å². The number of tetrazole rings is 1. The van der Waals surface area contributed by atoms with Gasteiger partial charge in [-0.3, -0.25) is 0 Å². The number of aryl methyl sites for hydroxylation is 1. The summed E-state index contributed by atoms with van der Waals surface area (Å²) in [6.07, 6.45) is 0. The number of nitrogens with zero attached hydrogens (tertiary/aromatic N) is 5. The fraction of sp³-hybridized carbons (Fsp3) is 0.800. The Labute approximate surface area is 59.6 Å². The molecule has 0 bridgehead atoms. The van der Waals surface area contributed by atoms with Crippen molar-refractivity contribution in [3.8, 4) is 0 Å². The molecule has 56 valence electrons. The zero-order chi connectivity index (χ0) is 7.56. The molecule has 1 heterocycles. The van der Waals surface area contributed by atoms with Crippen LogP contribution in [0.5, 0.6) is 0 Å². The van der Waals surface area contributed by atoms with E-state index in [9.17, 15) is 0 Å². The van der Waals surface area contributed by atoms with E-state index in [2.05, 4.69) is 15.5 Å². The molecule has 0 saturated carbocycles. The first kappa shape index (κ1) is 6.98. The Morgan fingerprint density at radius 2 is 2.20 bits per heavy atom. The van der Waals surface area contributed by atoms with Crippen LogP contribution >= 0.6 is 0 Å². The van der Waals surface area contributed by atoms with Crippen LogP contribution in [0.1, 0.15) is 6.92 Å². The van der Waals surface area contributed by atoms with Crippen LogP contribution in [0.3, 0.4) is 0 Å². The SMILES string of the molecule is CCn1nnnc1N(C)C. The summed E-state index contributed by atoms with van der Waals surface area (Å²) < 4.78 is 1.74. The second-order valence-corrected chi connectivity index (χ2v) is 2.19. The molecule has 10 heavy (non-hydrogen) atoms. The van der Waals surface area contributed by atoms with E-state index >= 15 is 0 Å².